The Kier molecular flexibility index (Phi) is 3.79. The Hall–Kier alpha value is -1.35. The van der Waals surface area contributed by atoms with Crippen LogP contribution in [0.1, 0.15) is 37.4 Å². The molecule has 1 aromatic rings. The number of ketones is 1. The summed E-state index contributed by atoms with van der Waals surface area (Å²) >= 11 is 0. The first-order chi connectivity index (χ1) is 8.22. The Morgan fingerprint density at radius 2 is 2.00 bits per heavy atom. The molecule has 1 aliphatic rings. The predicted octanol–water partition coefficient (Wildman–Crippen LogP) is 2.49. The number of ether oxygens (including phenoxy) is 1. The van der Waals surface area contributed by atoms with Gasteiger partial charge in [0.15, 0.2) is 0 Å². The Balaban J connectivity index is 2.12. The Morgan fingerprint density at radius 3 is 2.59 bits per heavy atom. The molecule has 92 valence electrons. The van der Waals surface area contributed by atoms with Gasteiger partial charge in [0.2, 0.25) is 0 Å². The van der Waals surface area contributed by atoms with E-state index in [9.17, 15) is 9.90 Å². The summed E-state index contributed by atoms with van der Waals surface area (Å²) in [4.78, 5) is 11.7. The fraction of sp³-hybridized carbons (Fsp3) is 0.500. The van der Waals surface area contributed by atoms with Crippen molar-refractivity contribution in [2.45, 2.75) is 31.8 Å². The van der Waals surface area contributed by atoms with Crippen molar-refractivity contribution < 1.29 is 14.6 Å². The fourth-order valence-electron chi connectivity index (χ4n) is 2.38. The van der Waals surface area contributed by atoms with Gasteiger partial charge in [-0.25, -0.2) is 0 Å². The number of hydrogen-bond acceptors (Lipinski definition) is 3. The van der Waals surface area contributed by atoms with Crippen molar-refractivity contribution in [3.05, 3.63) is 29.8 Å². The molecule has 0 unspecified atom stereocenters. The molecular weight excluding hydrogens is 216 g/mol. The SMILES string of the molecule is COc1ccc([C@@H](O)[C@H]2CCCCC2=O)cc1. The summed E-state index contributed by atoms with van der Waals surface area (Å²) in [6, 6.07) is 7.27. The molecule has 0 heterocycles. The molecule has 3 nitrogen and oxygen atoms in total. The van der Waals surface area contributed by atoms with Crippen LogP contribution >= 0.6 is 0 Å². The van der Waals surface area contributed by atoms with E-state index < -0.39 is 6.10 Å². The molecule has 0 amide bonds. The number of benzene rings is 1. The molecule has 1 aromatic carbocycles. The lowest BCUT2D eigenvalue weighted by Gasteiger charge is -2.25. The second kappa shape index (κ2) is 5.32. The number of rotatable bonds is 3. The molecule has 0 aromatic heterocycles. The average Bonchev–Trinajstić information content (AvgIpc) is 2.39. The van der Waals surface area contributed by atoms with E-state index in [1.54, 1.807) is 7.11 Å². The highest BCUT2D eigenvalue weighted by Gasteiger charge is 2.29. The van der Waals surface area contributed by atoms with Gasteiger partial charge in [0.05, 0.1) is 13.2 Å². The zero-order valence-electron chi connectivity index (χ0n) is 10.1. The molecule has 1 fully saturated rings. The molecule has 1 N–H and O–H groups in total. The fourth-order valence-corrected chi connectivity index (χ4v) is 2.38. The molecule has 2 atom stereocenters. The molecule has 2 rings (SSSR count). The van der Waals surface area contributed by atoms with Crippen LogP contribution in [0.15, 0.2) is 24.3 Å². The highest BCUT2D eigenvalue weighted by Crippen LogP contribution is 2.32. The maximum atomic E-state index is 11.7. The molecular formula is C14H18O3. The quantitative estimate of drug-likeness (QED) is 0.874. The molecule has 0 spiro atoms. The van der Waals surface area contributed by atoms with Crippen molar-refractivity contribution in [1.82, 2.24) is 0 Å². The number of carbonyl (C=O) groups is 1. The van der Waals surface area contributed by atoms with Crippen molar-refractivity contribution in [2.24, 2.45) is 5.92 Å². The van der Waals surface area contributed by atoms with Crippen LogP contribution in [0.4, 0.5) is 0 Å². The Labute approximate surface area is 101 Å². The molecule has 0 saturated heterocycles. The van der Waals surface area contributed by atoms with Crippen molar-refractivity contribution in [3.8, 4) is 5.75 Å². The maximum absolute atomic E-state index is 11.7. The topological polar surface area (TPSA) is 46.5 Å². The van der Waals surface area contributed by atoms with Gasteiger partial charge in [-0.1, -0.05) is 18.6 Å². The minimum absolute atomic E-state index is 0.194. The predicted molar refractivity (Wildman–Crippen MR) is 64.9 cm³/mol. The Morgan fingerprint density at radius 1 is 1.29 bits per heavy atom. The van der Waals surface area contributed by atoms with E-state index >= 15 is 0 Å². The van der Waals surface area contributed by atoms with Crippen LogP contribution in [0, 0.1) is 5.92 Å². The van der Waals surface area contributed by atoms with Crippen LogP contribution in [0.3, 0.4) is 0 Å². The summed E-state index contributed by atoms with van der Waals surface area (Å²) in [6.07, 6.45) is 2.73. The second-order valence-electron chi connectivity index (χ2n) is 4.54. The standard InChI is InChI=1S/C14H18O3/c1-17-11-8-6-10(7-9-11)14(16)12-4-2-3-5-13(12)15/h6-9,12,14,16H,2-5H2,1H3/t12-,14+/m0/s1. The number of carbonyl (C=O) groups excluding carboxylic acids is 1. The van der Waals surface area contributed by atoms with Gasteiger partial charge in [-0.3, -0.25) is 4.79 Å². The molecule has 0 bridgehead atoms. The monoisotopic (exact) mass is 234 g/mol. The van der Waals surface area contributed by atoms with Gasteiger partial charge < -0.3 is 9.84 Å². The summed E-state index contributed by atoms with van der Waals surface area (Å²) in [5.74, 6) is 0.729. The van der Waals surface area contributed by atoms with Crippen LogP contribution in [0.5, 0.6) is 5.75 Å². The van der Waals surface area contributed by atoms with E-state index in [2.05, 4.69) is 0 Å². The van der Waals surface area contributed by atoms with Gasteiger partial charge >= 0.3 is 0 Å². The molecule has 3 heteroatoms. The normalized spacial score (nSPS) is 22.2. The van der Waals surface area contributed by atoms with Gasteiger partial charge in [-0.2, -0.15) is 0 Å². The third kappa shape index (κ3) is 2.67. The summed E-state index contributed by atoms with van der Waals surface area (Å²) < 4.78 is 5.07. The van der Waals surface area contributed by atoms with E-state index in [0.29, 0.717) is 6.42 Å². The Bertz CT molecular complexity index is 383. The van der Waals surface area contributed by atoms with Crippen molar-refractivity contribution in [3.63, 3.8) is 0 Å². The first-order valence-corrected chi connectivity index (χ1v) is 6.07. The lowest BCUT2D eigenvalue weighted by atomic mass is 9.82. The van der Waals surface area contributed by atoms with E-state index in [0.717, 1.165) is 30.6 Å². The van der Waals surface area contributed by atoms with Gasteiger partial charge in [0, 0.05) is 12.3 Å². The van der Waals surface area contributed by atoms with Gasteiger partial charge in [0.25, 0.3) is 0 Å². The van der Waals surface area contributed by atoms with Crippen LogP contribution in [0.2, 0.25) is 0 Å². The summed E-state index contributed by atoms with van der Waals surface area (Å²) in [5, 5.41) is 10.2. The third-order valence-corrected chi connectivity index (χ3v) is 3.44. The number of hydrogen-bond donors (Lipinski definition) is 1. The van der Waals surface area contributed by atoms with E-state index in [-0.39, 0.29) is 11.7 Å². The van der Waals surface area contributed by atoms with Gasteiger partial charge in [-0.05, 0) is 30.5 Å². The number of methoxy groups -OCH3 is 1. The number of aliphatic hydroxyl groups is 1. The van der Waals surface area contributed by atoms with Gasteiger partial charge in [-0.15, -0.1) is 0 Å². The lowest BCUT2D eigenvalue weighted by molar-refractivity contribution is -0.128. The molecule has 17 heavy (non-hydrogen) atoms. The van der Waals surface area contributed by atoms with Gasteiger partial charge in [0.1, 0.15) is 11.5 Å². The molecule has 0 radical (unpaired) electrons. The van der Waals surface area contributed by atoms with Crippen molar-refractivity contribution in [2.75, 3.05) is 7.11 Å². The highest BCUT2D eigenvalue weighted by molar-refractivity contribution is 5.82. The molecule has 0 aliphatic heterocycles. The third-order valence-electron chi connectivity index (χ3n) is 3.44. The van der Waals surface area contributed by atoms with Crippen molar-refractivity contribution in [1.29, 1.82) is 0 Å². The van der Waals surface area contributed by atoms with Crippen LogP contribution in [0.25, 0.3) is 0 Å². The lowest BCUT2D eigenvalue weighted by Crippen LogP contribution is -2.25. The first kappa shape index (κ1) is 12.1. The van der Waals surface area contributed by atoms with Crippen molar-refractivity contribution >= 4 is 5.78 Å². The summed E-state index contributed by atoms with van der Waals surface area (Å²) in [6.45, 7) is 0. The second-order valence-corrected chi connectivity index (χ2v) is 4.54. The van der Waals surface area contributed by atoms with Crippen LogP contribution in [-0.2, 0) is 4.79 Å². The molecule has 1 saturated carbocycles. The number of aliphatic hydroxyl groups excluding tert-OH is 1. The minimum atomic E-state index is -0.672. The maximum Gasteiger partial charge on any atom is 0.138 e. The smallest absolute Gasteiger partial charge is 0.138 e. The van der Waals surface area contributed by atoms with E-state index in [1.807, 2.05) is 24.3 Å². The largest absolute Gasteiger partial charge is 0.497 e. The zero-order chi connectivity index (χ0) is 12.3. The summed E-state index contributed by atoms with van der Waals surface area (Å²) in [5.41, 5.74) is 0.797. The molecule has 1 aliphatic carbocycles. The number of Topliss-reactive ketones (excluding diaryl/α,β-unsaturated/α-hetero) is 1. The average molecular weight is 234 g/mol. The highest BCUT2D eigenvalue weighted by atomic mass is 16.5. The van der Waals surface area contributed by atoms with Crippen LogP contribution in [-0.4, -0.2) is 18.0 Å². The first-order valence-electron chi connectivity index (χ1n) is 6.07. The van der Waals surface area contributed by atoms with Crippen LogP contribution < -0.4 is 4.74 Å². The van der Waals surface area contributed by atoms with E-state index in [1.165, 1.54) is 0 Å². The zero-order valence-corrected chi connectivity index (χ0v) is 10.1. The summed E-state index contributed by atoms with van der Waals surface area (Å²) in [7, 11) is 1.61. The van der Waals surface area contributed by atoms with E-state index in [4.69, 9.17) is 4.74 Å². The minimum Gasteiger partial charge on any atom is -0.497 e.